The maximum atomic E-state index is 11.0. The van der Waals surface area contributed by atoms with E-state index in [4.69, 9.17) is 34.8 Å². The van der Waals surface area contributed by atoms with Gasteiger partial charge in [-0.05, 0) is 0 Å². The second kappa shape index (κ2) is 5.56. The van der Waals surface area contributed by atoms with E-state index in [0.717, 1.165) is 0 Å². The second-order valence-corrected chi connectivity index (χ2v) is 4.32. The Bertz CT molecular complexity index is 305. The molecule has 6 nitrogen and oxygen atoms in total. The molecule has 1 atom stereocenters. The van der Waals surface area contributed by atoms with Crippen molar-refractivity contribution in [3.8, 4) is 0 Å². The topological polar surface area (TPSA) is 72.9 Å². The van der Waals surface area contributed by atoms with E-state index < -0.39 is 28.4 Å². The van der Waals surface area contributed by atoms with E-state index in [9.17, 15) is 14.4 Å². The molecule has 0 aromatic carbocycles. The van der Waals surface area contributed by atoms with Crippen molar-refractivity contribution in [3.63, 3.8) is 0 Å². The lowest BCUT2D eigenvalue weighted by atomic mass is 10.4. The summed E-state index contributed by atoms with van der Waals surface area (Å²) in [5, 5.41) is 0.323. The number of rotatable bonds is 3. The summed E-state index contributed by atoms with van der Waals surface area (Å²) in [6.07, 6.45) is -1.34. The van der Waals surface area contributed by atoms with Crippen LogP contribution in [0.1, 0.15) is 12.8 Å². The van der Waals surface area contributed by atoms with Gasteiger partial charge in [0.25, 0.3) is 11.8 Å². The number of amides is 2. The molecule has 0 aliphatic carbocycles. The summed E-state index contributed by atoms with van der Waals surface area (Å²) in [6, 6.07) is 0. The molecule has 1 aliphatic heterocycles. The van der Waals surface area contributed by atoms with Crippen molar-refractivity contribution in [2.24, 2.45) is 0 Å². The lowest BCUT2D eigenvalue weighted by Gasteiger charge is -2.15. The number of hydrogen-bond acceptors (Lipinski definition) is 5. The summed E-state index contributed by atoms with van der Waals surface area (Å²) in [5.41, 5.74) is -1.33. The van der Waals surface area contributed by atoms with Gasteiger partial charge in [0.15, 0.2) is 4.84 Å². The van der Waals surface area contributed by atoms with E-state index in [1.165, 1.54) is 0 Å². The summed E-state index contributed by atoms with van der Waals surface area (Å²) < 4.78 is 4.36. The number of hydroxylamine groups is 2. The van der Waals surface area contributed by atoms with Crippen molar-refractivity contribution >= 4 is 52.8 Å². The van der Waals surface area contributed by atoms with E-state index in [0.29, 0.717) is 5.06 Å². The number of imide groups is 1. The molecule has 1 saturated heterocycles. The van der Waals surface area contributed by atoms with Crippen molar-refractivity contribution in [2.75, 3.05) is 0 Å². The van der Waals surface area contributed by atoms with Gasteiger partial charge in [-0.1, -0.05) is 39.9 Å². The van der Waals surface area contributed by atoms with E-state index in [-0.39, 0.29) is 12.8 Å². The Kier molecular flexibility index (Phi) is 4.64. The van der Waals surface area contributed by atoms with Crippen LogP contribution in [0.5, 0.6) is 0 Å². The molecule has 0 aromatic heterocycles. The molecule has 0 aromatic rings. The molecule has 90 valence electrons. The molecule has 9 heteroatoms. The highest BCUT2D eigenvalue weighted by atomic mass is 35.5. The van der Waals surface area contributed by atoms with Crippen LogP contribution in [-0.4, -0.2) is 33.4 Å². The van der Waals surface area contributed by atoms with E-state index in [1.807, 2.05) is 0 Å². The van der Waals surface area contributed by atoms with Crippen LogP contribution in [0.3, 0.4) is 0 Å². The summed E-state index contributed by atoms with van der Waals surface area (Å²) in [7, 11) is 0. The lowest BCUT2D eigenvalue weighted by Crippen LogP contribution is -2.33. The van der Waals surface area contributed by atoms with Gasteiger partial charge in [-0.3, -0.25) is 14.4 Å². The van der Waals surface area contributed by atoms with Crippen LogP contribution in [0.15, 0.2) is 0 Å². The average Bonchev–Trinajstić information content (AvgIpc) is 2.49. The van der Waals surface area contributed by atoms with Crippen LogP contribution in [-0.2, 0) is 19.2 Å². The number of halogens is 3. The van der Waals surface area contributed by atoms with Gasteiger partial charge in [0.05, 0.1) is 0 Å². The van der Waals surface area contributed by atoms with Gasteiger partial charge in [0, 0.05) is 12.8 Å². The van der Waals surface area contributed by atoms with Gasteiger partial charge in [0.1, 0.15) is 0 Å². The fraction of sp³-hybridized carbons (Fsp3) is 0.571. The Morgan fingerprint density at radius 2 is 1.69 bits per heavy atom. The SMILES string of the molecule is O=C(OC(Cl)C(Cl)Cl)ON1C(=O)CCC1=O. The van der Waals surface area contributed by atoms with Crippen LogP contribution in [0.4, 0.5) is 4.79 Å². The van der Waals surface area contributed by atoms with Crippen molar-refractivity contribution in [1.29, 1.82) is 0 Å². The second-order valence-electron chi connectivity index (χ2n) is 2.73. The molecule has 1 rings (SSSR count). The number of ether oxygens (including phenoxy) is 1. The van der Waals surface area contributed by atoms with Gasteiger partial charge < -0.3 is 4.74 Å². The first-order chi connectivity index (χ1) is 7.41. The molecule has 2 amide bonds. The lowest BCUT2D eigenvalue weighted by molar-refractivity contribution is -0.177. The highest BCUT2D eigenvalue weighted by Gasteiger charge is 2.34. The number of carbonyl (C=O) groups excluding carboxylic acids is 3. The first kappa shape index (κ1) is 13.3. The number of hydrogen-bond donors (Lipinski definition) is 0. The Hall–Kier alpha value is -0.720. The van der Waals surface area contributed by atoms with E-state index >= 15 is 0 Å². The minimum Gasteiger partial charge on any atom is -0.410 e. The van der Waals surface area contributed by atoms with Gasteiger partial charge in [0.2, 0.25) is 5.56 Å². The van der Waals surface area contributed by atoms with Gasteiger partial charge >= 0.3 is 6.16 Å². The minimum absolute atomic E-state index is 0.00987. The molecule has 1 unspecified atom stereocenters. The Balaban J connectivity index is 2.45. The summed E-state index contributed by atoms with van der Waals surface area (Å²) >= 11 is 16.0. The van der Waals surface area contributed by atoms with Crippen LogP contribution in [0, 0.1) is 0 Å². The Labute approximate surface area is 105 Å². The highest BCUT2D eigenvalue weighted by molar-refractivity contribution is 6.48. The molecule has 0 radical (unpaired) electrons. The molecule has 1 heterocycles. The van der Waals surface area contributed by atoms with Crippen molar-refractivity contribution in [1.82, 2.24) is 5.06 Å². The van der Waals surface area contributed by atoms with Crippen LogP contribution in [0.25, 0.3) is 0 Å². The number of carbonyl (C=O) groups is 3. The monoisotopic (exact) mass is 289 g/mol. The fourth-order valence-electron chi connectivity index (χ4n) is 0.897. The predicted molar refractivity (Wildman–Crippen MR) is 53.8 cm³/mol. The summed E-state index contributed by atoms with van der Waals surface area (Å²) in [4.78, 5) is 36.2. The standard InChI is InChI=1S/C7H6Cl3NO5/c8-5(9)6(10)15-7(14)16-11-3(12)1-2-4(11)13/h5-6H,1-2H2. The summed E-state index contributed by atoms with van der Waals surface area (Å²) in [6.45, 7) is 0. The number of nitrogens with zero attached hydrogens (tertiary/aromatic N) is 1. The van der Waals surface area contributed by atoms with Gasteiger partial charge in [-0.2, -0.15) is 0 Å². The highest BCUT2D eigenvalue weighted by Crippen LogP contribution is 2.17. The van der Waals surface area contributed by atoms with E-state index in [2.05, 4.69) is 9.57 Å². The van der Waals surface area contributed by atoms with Crippen LogP contribution < -0.4 is 0 Å². The number of alkyl halides is 3. The molecular formula is C7H6Cl3NO5. The molecule has 1 aliphatic rings. The van der Waals surface area contributed by atoms with Crippen LogP contribution in [0.2, 0.25) is 0 Å². The van der Waals surface area contributed by atoms with Gasteiger partial charge in [-0.25, -0.2) is 4.79 Å². The maximum Gasteiger partial charge on any atom is 0.535 e. The third kappa shape index (κ3) is 3.40. The third-order valence-electron chi connectivity index (χ3n) is 1.58. The summed E-state index contributed by atoms with van der Waals surface area (Å²) in [5.74, 6) is -1.25. The molecular weight excluding hydrogens is 284 g/mol. The average molecular weight is 290 g/mol. The fourth-order valence-corrected chi connectivity index (χ4v) is 1.07. The quantitative estimate of drug-likeness (QED) is 0.448. The molecule has 0 bridgehead atoms. The molecule has 1 fully saturated rings. The zero-order chi connectivity index (χ0) is 12.3. The zero-order valence-electron chi connectivity index (χ0n) is 7.69. The maximum absolute atomic E-state index is 11.0. The normalized spacial score (nSPS) is 17.9. The van der Waals surface area contributed by atoms with Crippen LogP contribution >= 0.6 is 34.8 Å². The molecule has 0 N–H and O–H groups in total. The zero-order valence-corrected chi connectivity index (χ0v) is 9.96. The first-order valence-corrected chi connectivity index (χ1v) is 5.39. The largest absolute Gasteiger partial charge is 0.535 e. The Morgan fingerprint density at radius 3 is 2.12 bits per heavy atom. The minimum atomic E-state index is -1.33. The molecule has 0 saturated carbocycles. The van der Waals surface area contributed by atoms with Crippen molar-refractivity contribution in [2.45, 2.75) is 23.2 Å². The Morgan fingerprint density at radius 1 is 1.19 bits per heavy atom. The van der Waals surface area contributed by atoms with Crippen molar-refractivity contribution in [3.05, 3.63) is 0 Å². The third-order valence-corrected chi connectivity index (χ3v) is 2.64. The molecule has 16 heavy (non-hydrogen) atoms. The first-order valence-electron chi connectivity index (χ1n) is 4.08. The van der Waals surface area contributed by atoms with Crippen molar-refractivity contribution < 1.29 is 24.0 Å². The van der Waals surface area contributed by atoms with Gasteiger partial charge in [-0.15, -0.1) is 0 Å². The smallest absolute Gasteiger partial charge is 0.410 e. The van der Waals surface area contributed by atoms with E-state index in [1.54, 1.807) is 0 Å². The predicted octanol–water partition coefficient (Wildman–Crippen LogP) is 1.57. The molecule has 0 spiro atoms.